The molecule has 7 nitrogen and oxygen atoms in total. The Kier molecular flexibility index (Phi) is 4.19. The first-order valence-electron chi connectivity index (χ1n) is 5.42. The second-order valence-corrected chi connectivity index (χ2v) is 4.32. The van der Waals surface area contributed by atoms with Crippen molar-refractivity contribution >= 4 is 17.3 Å². The van der Waals surface area contributed by atoms with Crippen LogP contribution in [0.5, 0.6) is 0 Å². The van der Waals surface area contributed by atoms with Crippen molar-refractivity contribution in [2.24, 2.45) is 11.8 Å². The first-order valence-corrected chi connectivity index (χ1v) is 5.42. The number of nitrogens with zero attached hydrogens (tertiary/aromatic N) is 3. The molecule has 94 valence electrons. The lowest BCUT2D eigenvalue weighted by Crippen LogP contribution is -2.18. The smallest absolute Gasteiger partial charge is 0.352 e. The van der Waals surface area contributed by atoms with Crippen molar-refractivity contribution in [2.45, 2.75) is 20.8 Å². The van der Waals surface area contributed by atoms with E-state index in [4.69, 9.17) is 5.73 Å². The van der Waals surface area contributed by atoms with Crippen LogP contribution in [0.4, 0.5) is 17.3 Å². The van der Waals surface area contributed by atoms with Crippen LogP contribution in [0.1, 0.15) is 20.8 Å². The lowest BCUT2D eigenvalue weighted by Gasteiger charge is -2.16. The normalized spacial score (nSPS) is 12.5. The molecule has 0 radical (unpaired) electrons. The number of hydrogen-bond acceptors (Lipinski definition) is 6. The molecule has 0 fully saturated rings. The molecule has 1 rings (SSSR count). The van der Waals surface area contributed by atoms with E-state index in [1.807, 2.05) is 0 Å². The molecule has 1 atom stereocenters. The fraction of sp³-hybridized carbons (Fsp3) is 0.600. The standard InChI is InChI=1S/C10H17N5O2/c1-6(2)7(3)4-12-10-8(15(16)17)9(11)13-5-14-10/h5-7H,4H2,1-3H3,(H3,11,12,13,14). The molecule has 7 heteroatoms. The molecule has 0 aromatic carbocycles. The van der Waals surface area contributed by atoms with E-state index in [0.29, 0.717) is 18.4 Å². The Bertz CT molecular complexity index is 408. The number of hydrogen-bond donors (Lipinski definition) is 2. The monoisotopic (exact) mass is 239 g/mol. The molecule has 0 amide bonds. The third kappa shape index (κ3) is 3.27. The van der Waals surface area contributed by atoms with Crippen molar-refractivity contribution in [3.63, 3.8) is 0 Å². The average molecular weight is 239 g/mol. The van der Waals surface area contributed by atoms with E-state index < -0.39 is 4.92 Å². The molecule has 1 aromatic rings. The summed E-state index contributed by atoms with van der Waals surface area (Å²) in [4.78, 5) is 17.7. The first-order chi connectivity index (χ1) is 7.93. The summed E-state index contributed by atoms with van der Waals surface area (Å²) in [5.74, 6) is 0.922. The van der Waals surface area contributed by atoms with Crippen molar-refractivity contribution in [1.82, 2.24) is 9.97 Å². The van der Waals surface area contributed by atoms with Gasteiger partial charge in [-0.2, -0.15) is 0 Å². The number of nitrogen functional groups attached to an aromatic ring is 1. The molecule has 0 aliphatic heterocycles. The highest BCUT2D eigenvalue weighted by molar-refractivity contribution is 5.67. The van der Waals surface area contributed by atoms with E-state index in [2.05, 4.69) is 36.1 Å². The van der Waals surface area contributed by atoms with Crippen molar-refractivity contribution < 1.29 is 4.92 Å². The van der Waals surface area contributed by atoms with Crippen LogP contribution in [0.15, 0.2) is 6.33 Å². The SMILES string of the molecule is CC(C)C(C)CNc1ncnc(N)c1[N+](=O)[O-]. The molecule has 0 aliphatic rings. The van der Waals surface area contributed by atoms with Gasteiger partial charge in [0.1, 0.15) is 6.33 Å². The molecule has 0 bridgehead atoms. The van der Waals surface area contributed by atoms with E-state index in [-0.39, 0.29) is 17.3 Å². The highest BCUT2D eigenvalue weighted by atomic mass is 16.6. The Balaban J connectivity index is 2.84. The van der Waals surface area contributed by atoms with E-state index in [0.717, 1.165) is 0 Å². The van der Waals surface area contributed by atoms with E-state index in [9.17, 15) is 10.1 Å². The molecule has 0 spiro atoms. The number of nitrogens with one attached hydrogen (secondary N) is 1. The summed E-state index contributed by atoms with van der Waals surface area (Å²) in [6, 6.07) is 0. The molecule has 17 heavy (non-hydrogen) atoms. The zero-order chi connectivity index (χ0) is 13.0. The van der Waals surface area contributed by atoms with Gasteiger partial charge >= 0.3 is 5.69 Å². The summed E-state index contributed by atoms with van der Waals surface area (Å²) in [5.41, 5.74) is 5.20. The highest BCUT2D eigenvalue weighted by Crippen LogP contribution is 2.26. The molecule has 1 heterocycles. The van der Waals surface area contributed by atoms with E-state index in [1.165, 1.54) is 6.33 Å². The Morgan fingerprint density at radius 2 is 2.12 bits per heavy atom. The third-order valence-corrected chi connectivity index (χ3v) is 2.76. The van der Waals surface area contributed by atoms with Crippen molar-refractivity contribution in [3.05, 3.63) is 16.4 Å². The molecule has 0 saturated heterocycles. The topological polar surface area (TPSA) is 107 Å². The van der Waals surface area contributed by atoms with Gasteiger partial charge in [-0.25, -0.2) is 9.97 Å². The Labute approximate surface area is 99.6 Å². The quantitative estimate of drug-likeness (QED) is 0.597. The lowest BCUT2D eigenvalue weighted by molar-refractivity contribution is -0.383. The Hall–Kier alpha value is -1.92. The molecule has 1 unspecified atom stereocenters. The van der Waals surface area contributed by atoms with Crippen LogP contribution in [-0.2, 0) is 0 Å². The average Bonchev–Trinajstić information content (AvgIpc) is 2.24. The van der Waals surface area contributed by atoms with Crippen LogP contribution in [0.3, 0.4) is 0 Å². The number of aromatic nitrogens is 2. The highest BCUT2D eigenvalue weighted by Gasteiger charge is 2.21. The van der Waals surface area contributed by atoms with Crippen LogP contribution in [0, 0.1) is 22.0 Å². The van der Waals surface area contributed by atoms with Crippen molar-refractivity contribution in [3.8, 4) is 0 Å². The van der Waals surface area contributed by atoms with Crippen molar-refractivity contribution in [1.29, 1.82) is 0 Å². The van der Waals surface area contributed by atoms with Gasteiger partial charge in [-0.05, 0) is 11.8 Å². The summed E-state index contributed by atoms with van der Waals surface area (Å²) < 4.78 is 0. The predicted octanol–water partition coefficient (Wildman–Crippen LogP) is 1.67. The first kappa shape index (κ1) is 13.1. The predicted molar refractivity (Wildman–Crippen MR) is 65.6 cm³/mol. The fourth-order valence-electron chi connectivity index (χ4n) is 1.20. The van der Waals surface area contributed by atoms with Crippen LogP contribution in [0.25, 0.3) is 0 Å². The summed E-state index contributed by atoms with van der Waals surface area (Å²) >= 11 is 0. The summed E-state index contributed by atoms with van der Waals surface area (Å²) in [5, 5.41) is 13.8. The third-order valence-electron chi connectivity index (χ3n) is 2.76. The molecular weight excluding hydrogens is 222 g/mol. The summed E-state index contributed by atoms with van der Waals surface area (Å²) in [6.07, 6.45) is 1.21. The van der Waals surface area contributed by atoms with E-state index >= 15 is 0 Å². The zero-order valence-electron chi connectivity index (χ0n) is 10.2. The van der Waals surface area contributed by atoms with Gasteiger partial charge in [-0.3, -0.25) is 10.1 Å². The van der Waals surface area contributed by atoms with E-state index in [1.54, 1.807) is 0 Å². The molecule has 3 N–H and O–H groups in total. The second-order valence-electron chi connectivity index (χ2n) is 4.32. The maximum absolute atomic E-state index is 10.8. The minimum absolute atomic E-state index is 0.121. The van der Waals surface area contributed by atoms with Crippen LogP contribution in [0.2, 0.25) is 0 Å². The molecule has 1 aromatic heterocycles. The Morgan fingerprint density at radius 1 is 1.47 bits per heavy atom. The number of rotatable bonds is 5. The van der Waals surface area contributed by atoms with Gasteiger partial charge in [0.05, 0.1) is 4.92 Å². The van der Waals surface area contributed by atoms with Gasteiger partial charge in [0.15, 0.2) is 0 Å². The number of nitro groups is 1. The van der Waals surface area contributed by atoms with Gasteiger partial charge in [-0.1, -0.05) is 20.8 Å². The van der Waals surface area contributed by atoms with Crippen molar-refractivity contribution in [2.75, 3.05) is 17.6 Å². The largest absolute Gasteiger partial charge is 0.378 e. The molecule has 0 aliphatic carbocycles. The molecule has 0 saturated carbocycles. The maximum Gasteiger partial charge on any atom is 0.352 e. The van der Waals surface area contributed by atoms with Crippen LogP contribution < -0.4 is 11.1 Å². The minimum atomic E-state index is -0.572. The van der Waals surface area contributed by atoms with Gasteiger partial charge < -0.3 is 11.1 Å². The van der Waals surface area contributed by atoms with Gasteiger partial charge in [0.25, 0.3) is 0 Å². The summed E-state index contributed by atoms with van der Waals surface area (Å²) in [7, 11) is 0. The zero-order valence-corrected chi connectivity index (χ0v) is 10.2. The Morgan fingerprint density at radius 3 is 2.65 bits per heavy atom. The van der Waals surface area contributed by atoms with Crippen LogP contribution >= 0.6 is 0 Å². The fourth-order valence-corrected chi connectivity index (χ4v) is 1.20. The number of nitrogens with two attached hydrogens (primary N) is 1. The lowest BCUT2D eigenvalue weighted by atomic mass is 9.98. The molecular formula is C10H17N5O2. The number of anilines is 2. The van der Waals surface area contributed by atoms with Gasteiger partial charge in [0.2, 0.25) is 11.6 Å². The maximum atomic E-state index is 10.8. The summed E-state index contributed by atoms with van der Waals surface area (Å²) in [6.45, 7) is 6.85. The van der Waals surface area contributed by atoms with Gasteiger partial charge in [-0.15, -0.1) is 0 Å². The second kappa shape index (κ2) is 5.42. The minimum Gasteiger partial charge on any atom is -0.378 e. The van der Waals surface area contributed by atoms with Gasteiger partial charge in [0, 0.05) is 6.54 Å². The van der Waals surface area contributed by atoms with Crippen LogP contribution in [-0.4, -0.2) is 21.4 Å².